The van der Waals surface area contributed by atoms with Crippen molar-refractivity contribution < 1.29 is 38.4 Å². The molecule has 0 aliphatic carbocycles. The molecule has 0 aliphatic rings. The van der Waals surface area contributed by atoms with Crippen molar-refractivity contribution in [2.75, 3.05) is 14.2 Å². The van der Waals surface area contributed by atoms with E-state index in [0.29, 0.717) is 22.6 Å². The number of hydrogen-bond donors (Lipinski definition) is 3. The number of aliphatic hydroxyl groups excluding tert-OH is 1. The van der Waals surface area contributed by atoms with Crippen molar-refractivity contribution in [2.24, 2.45) is 23.3 Å². The lowest BCUT2D eigenvalue weighted by Gasteiger charge is -2.17. The summed E-state index contributed by atoms with van der Waals surface area (Å²) in [5.41, 5.74) is 13.1. The average molecular weight is 595 g/mol. The fourth-order valence-corrected chi connectivity index (χ4v) is 3.67. The predicted molar refractivity (Wildman–Crippen MR) is 166 cm³/mol. The molecule has 0 bridgehead atoms. The quantitative estimate of drug-likeness (QED) is 0.0842. The minimum Gasteiger partial charge on any atom is -0.508 e. The maximum absolute atomic E-state index is 12.4. The molecule has 0 radical (unpaired) electrons. The number of ether oxygens (including phenoxy) is 4. The molecule has 0 heterocycles. The fraction of sp³-hybridized carbons (Fsp3) is 0.364. The number of methoxy groups -OCH3 is 2. The molecule has 2 aromatic carbocycles. The van der Waals surface area contributed by atoms with Gasteiger partial charge in [-0.25, -0.2) is 9.59 Å². The second-order valence-electron chi connectivity index (χ2n) is 10.1. The summed E-state index contributed by atoms with van der Waals surface area (Å²) < 4.78 is 21.5. The maximum Gasteiger partial charge on any atom is 0.328 e. The van der Waals surface area contributed by atoms with E-state index in [1.54, 1.807) is 42.5 Å². The average Bonchev–Trinajstić information content (AvgIpc) is 3.01. The number of carbonyl (C=O) groups excluding carboxylic acids is 3. The standard InChI is InChI=1S/C33H42N2O8/c1-7-20(3)30(34)32(38)42-26-15-11-22(17-28(26)40-5)9-13-24(36)19-25(37)14-10-23-12-16-27(29(18-23)41-6)43-33(39)31(35)21(4)8-2/h9-21,30-31,36H,7-8,34-35H2,1-6H3/b13-9+,14-10+,24-19-/t20-,21-,30-,31-/m0/s1. The number of rotatable bonds is 15. The van der Waals surface area contributed by atoms with Gasteiger partial charge >= 0.3 is 11.9 Å². The Bertz CT molecular complexity index is 1360. The zero-order chi connectivity index (χ0) is 32.1. The maximum atomic E-state index is 12.4. The Labute approximate surface area is 252 Å². The van der Waals surface area contributed by atoms with Crippen LogP contribution in [0.25, 0.3) is 12.2 Å². The summed E-state index contributed by atoms with van der Waals surface area (Å²) in [5, 5.41) is 10.2. The molecule has 0 fully saturated rings. The van der Waals surface area contributed by atoms with Crippen LogP contribution in [0.4, 0.5) is 0 Å². The van der Waals surface area contributed by atoms with Crippen molar-refractivity contribution in [3.05, 3.63) is 71.5 Å². The van der Waals surface area contributed by atoms with Gasteiger partial charge in [0.15, 0.2) is 28.8 Å². The van der Waals surface area contributed by atoms with E-state index >= 15 is 0 Å². The zero-order valence-electron chi connectivity index (χ0n) is 25.5. The number of hydrogen-bond acceptors (Lipinski definition) is 10. The molecular weight excluding hydrogens is 552 g/mol. The van der Waals surface area contributed by atoms with Crippen LogP contribution in [-0.4, -0.2) is 49.1 Å². The van der Waals surface area contributed by atoms with Crippen molar-refractivity contribution in [2.45, 2.75) is 52.6 Å². The Morgan fingerprint density at radius 1 is 0.744 bits per heavy atom. The first-order valence-corrected chi connectivity index (χ1v) is 14.0. The van der Waals surface area contributed by atoms with Gasteiger partial charge in [0.1, 0.15) is 17.8 Å². The minimum absolute atomic E-state index is 0.0351. The van der Waals surface area contributed by atoms with Gasteiger partial charge in [-0.05, 0) is 59.4 Å². The third-order valence-electron chi connectivity index (χ3n) is 7.03. The second-order valence-corrected chi connectivity index (χ2v) is 10.1. The van der Waals surface area contributed by atoms with Crippen LogP contribution >= 0.6 is 0 Å². The van der Waals surface area contributed by atoms with Crippen LogP contribution in [0.2, 0.25) is 0 Å². The number of nitrogens with two attached hydrogens (primary N) is 2. The lowest BCUT2D eigenvalue weighted by Crippen LogP contribution is -2.39. The molecule has 5 N–H and O–H groups in total. The minimum atomic E-state index is -0.759. The molecule has 0 spiro atoms. The summed E-state index contributed by atoms with van der Waals surface area (Å²) in [7, 11) is 2.88. The third-order valence-corrected chi connectivity index (χ3v) is 7.03. The molecule has 10 heteroatoms. The highest BCUT2D eigenvalue weighted by Gasteiger charge is 2.24. The van der Waals surface area contributed by atoms with Gasteiger partial charge in [-0.3, -0.25) is 4.79 Å². The van der Waals surface area contributed by atoms with Gasteiger partial charge in [0.05, 0.1) is 14.2 Å². The fourth-order valence-electron chi connectivity index (χ4n) is 3.67. The number of allylic oxidation sites excluding steroid dienone is 3. The molecule has 0 amide bonds. The van der Waals surface area contributed by atoms with E-state index in [0.717, 1.165) is 18.9 Å². The molecule has 0 saturated heterocycles. The Morgan fingerprint density at radius 3 is 1.56 bits per heavy atom. The largest absolute Gasteiger partial charge is 0.508 e. The molecule has 2 rings (SSSR count). The summed E-state index contributed by atoms with van der Waals surface area (Å²) in [5.74, 6) is -0.871. The molecule has 4 atom stereocenters. The molecule has 0 aromatic heterocycles. The zero-order valence-corrected chi connectivity index (χ0v) is 25.5. The highest BCUT2D eigenvalue weighted by Crippen LogP contribution is 2.30. The van der Waals surface area contributed by atoms with Crippen molar-refractivity contribution in [1.29, 1.82) is 0 Å². The summed E-state index contributed by atoms with van der Waals surface area (Å²) in [4.78, 5) is 37.1. The van der Waals surface area contributed by atoms with Crippen molar-refractivity contribution in [3.8, 4) is 23.0 Å². The third kappa shape index (κ3) is 10.4. The van der Waals surface area contributed by atoms with Gasteiger partial charge in [-0.15, -0.1) is 0 Å². The van der Waals surface area contributed by atoms with Crippen LogP contribution in [0, 0.1) is 11.8 Å². The number of carbonyl (C=O) groups is 3. The summed E-state index contributed by atoms with van der Waals surface area (Å²) in [6, 6.07) is 8.15. The lowest BCUT2D eigenvalue weighted by atomic mass is 10.0. The molecule has 232 valence electrons. The van der Waals surface area contributed by atoms with Crippen molar-refractivity contribution in [1.82, 2.24) is 0 Å². The van der Waals surface area contributed by atoms with Crippen LogP contribution in [0.15, 0.2) is 60.4 Å². The van der Waals surface area contributed by atoms with E-state index in [2.05, 4.69) is 0 Å². The number of aliphatic hydroxyl groups is 1. The molecule has 0 saturated carbocycles. The molecule has 0 aliphatic heterocycles. The van der Waals surface area contributed by atoms with E-state index in [1.165, 1.54) is 32.4 Å². The molecule has 0 unspecified atom stereocenters. The SMILES string of the molecule is CC[C@H](C)[C@H](N)C(=O)Oc1ccc(/C=C/C(=O)/C=C(O)/C=C/c2ccc(OC(=O)[C@@H](N)[C@@H](C)CC)c(OC)c2)cc1OC. The first kappa shape index (κ1) is 34.8. The molecular formula is C33H42N2O8. The van der Waals surface area contributed by atoms with E-state index in [-0.39, 0.29) is 29.1 Å². The van der Waals surface area contributed by atoms with Gasteiger partial charge < -0.3 is 35.5 Å². The summed E-state index contributed by atoms with van der Waals surface area (Å²) >= 11 is 0. The van der Waals surface area contributed by atoms with Gasteiger partial charge in [0.2, 0.25) is 0 Å². The van der Waals surface area contributed by atoms with Gasteiger partial charge in [-0.1, -0.05) is 64.8 Å². The highest BCUT2D eigenvalue weighted by atomic mass is 16.6. The second kappa shape index (κ2) is 16.9. The van der Waals surface area contributed by atoms with Crippen LogP contribution in [0.5, 0.6) is 23.0 Å². The Morgan fingerprint density at radius 2 is 1.16 bits per heavy atom. The summed E-state index contributed by atoms with van der Waals surface area (Å²) in [6.07, 6.45) is 8.26. The Hall–Kier alpha value is -4.41. The van der Waals surface area contributed by atoms with Crippen LogP contribution in [0.1, 0.15) is 51.7 Å². The monoisotopic (exact) mass is 594 g/mol. The van der Waals surface area contributed by atoms with Crippen molar-refractivity contribution >= 4 is 29.9 Å². The van der Waals surface area contributed by atoms with E-state index < -0.39 is 29.8 Å². The normalized spacial score (nSPS) is 14.7. The van der Waals surface area contributed by atoms with E-state index in [9.17, 15) is 19.5 Å². The first-order valence-electron chi connectivity index (χ1n) is 14.0. The highest BCUT2D eigenvalue weighted by molar-refractivity contribution is 6.02. The van der Waals surface area contributed by atoms with Crippen LogP contribution in [-0.2, 0) is 14.4 Å². The van der Waals surface area contributed by atoms with E-state index in [4.69, 9.17) is 30.4 Å². The lowest BCUT2D eigenvalue weighted by molar-refractivity contribution is -0.138. The van der Waals surface area contributed by atoms with Crippen LogP contribution < -0.4 is 30.4 Å². The first-order chi connectivity index (χ1) is 20.4. The topological polar surface area (TPSA) is 160 Å². The van der Waals surface area contributed by atoms with Crippen molar-refractivity contribution in [3.63, 3.8) is 0 Å². The van der Waals surface area contributed by atoms with Gasteiger partial charge in [-0.2, -0.15) is 0 Å². The smallest absolute Gasteiger partial charge is 0.328 e. The van der Waals surface area contributed by atoms with E-state index in [1.807, 2.05) is 27.7 Å². The molecule has 43 heavy (non-hydrogen) atoms. The van der Waals surface area contributed by atoms with Crippen LogP contribution in [0.3, 0.4) is 0 Å². The van der Waals surface area contributed by atoms with Gasteiger partial charge in [0.25, 0.3) is 0 Å². The Kier molecular flexibility index (Phi) is 13.7. The molecule has 10 nitrogen and oxygen atoms in total. The Balaban J connectivity index is 2.07. The predicted octanol–water partition coefficient (Wildman–Crippen LogP) is 5.00. The number of benzene rings is 2. The molecule has 2 aromatic rings. The summed E-state index contributed by atoms with van der Waals surface area (Å²) in [6.45, 7) is 7.63. The number of esters is 2. The van der Waals surface area contributed by atoms with Gasteiger partial charge in [0, 0.05) is 6.08 Å². The number of ketones is 1.